The lowest BCUT2D eigenvalue weighted by atomic mass is 9.88. The van der Waals surface area contributed by atoms with Crippen molar-refractivity contribution in [3.05, 3.63) is 106 Å². The lowest BCUT2D eigenvalue weighted by Gasteiger charge is -2.31. The minimum atomic E-state index is -1.53. The Bertz CT molecular complexity index is 3580. The van der Waals surface area contributed by atoms with Crippen LogP contribution >= 0.6 is 0 Å². The highest BCUT2D eigenvalue weighted by Gasteiger charge is 2.45. The van der Waals surface area contributed by atoms with Gasteiger partial charge in [-0.1, -0.05) is 49.3 Å². The van der Waals surface area contributed by atoms with Crippen molar-refractivity contribution in [2.45, 2.75) is 111 Å². The maximum Gasteiger partial charge on any atom is 0.416 e. The molecule has 30 heteroatoms. The summed E-state index contributed by atoms with van der Waals surface area (Å²) in [6.07, 6.45) is 6.60. The van der Waals surface area contributed by atoms with Gasteiger partial charge in [-0.25, -0.2) is 9.69 Å². The smallest absolute Gasteiger partial charge is 0.416 e. The number of carbonyl (C=O) groups excluding carboxylic acids is 9. The van der Waals surface area contributed by atoms with Gasteiger partial charge in [-0.3, -0.25) is 48.2 Å². The number of carbonyl (C=O) groups is 9. The van der Waals surface area contributed by atoms with Crippen molar-refractivity contribution in [1.29, 1.82) is 0 Å². The topological polar surface area (TPSA) is 343 Å². The fraction of sp³-hybridized carbons (Fsp3) is 0.547. The van der Waals surface area contributed by atoms with Crippen LogP contribution in [0.5, 0.6) is 23.0 Å². The Hall–Kier alpha value is -8.98. The molecule has 0 aliphatic carbocycles. The Morgan fingerprint density at radius 2 is 1.11 bits per heavy atom. The van der Waals surface area contributed by atoms with E-state index >= 15 is 0 Å². The number of anilines is 1. The molecule has 0 saturated heterocycles. The van der Waals surface area contributed by atoms with Crippen molar-refractivity contribution in [2.24, 2.45) is 16.8 Å². The first-order chi connectivity index (χ1) is 50.7. The van der Waals surface area contributed by atoms with Gasteiger partial charge in [-0.2, -0.15) is 0 Å². The van der Waals surface area contributed by atoms with E-state index in [0.717, 1.165) is 20.9 Å². The van der Waals surface area contributed by atoms with Crippen molar-refractivity contribution < 1.29 is 110 Å². The molecule has 0 aromatic heterocycles. The molecular formula is C75H99N7O23. The molecule has 0 saturated carbocycles. The fourth-order valence-electron chi connectivity index (χ4n) is 11.8. The lowest BCUT2D eigenvalue weighted by molar-refractivity contribution is -0.137. The van der Waals surface area contributed by atoms with Crippen LogP contribution in [0, 0.1) is 11.8 Å². The van der Waals surface area contributed by atoms with Gasteiger partial charge in [0, 0.05) is 94.0 Å². The molecule has 105 heavy (non-hydrogen) atoms. The number of ether oxygens (including phenoxy) is 13. The zero-order valence-electron chi connectivity index (χ0n) is 60.9. The molecule has 0 radical (unpaired) electrons. The van der Waals surface area contributed by atoms with Gasteiger partial charge in [0.25, 0.3) is 23.6 Å². The largest absolute Gasteiger partial charge is 0.493 e. The number of rotatable bonds is 48. The molecule has 3 aromatic carbocycles. The number of aliphatic hydroxyl groups is 1. The van der Waals surface area contributed by atoms with Crippen LogP contribution in [0.15, 0.2) is 89.2 Å². The van der Waals surface area contributed by atoms with Crippen molar-refractivity contribution in [1.82, 2.24) is 25.3 Å². The summed E-state index contributed by atoms with van der Waals surface area (Å²) in [6, 6.07) is 11.2. The van der Waals surface area contributed by atoms with E-state index in [2.05, 4.69) is 15.6 Å². The number of nitrogens with zero attached hydrogens (tertiary/aromatic N) is 5. The van der Waals surface area contributed by atoms with Crippen LogP contribution in [0.4, 0.5) is 16.2 Å². The monoisotopic (exact) mass is 1470 g/mol. The Morgan fingerprint density at radius 1 is 0.600 bits per heavy atom. The highest BCUT2D eigenvalue weighted by Crippen LogP contribution is 2.43. The number of fused-ring (bicyclic) bond motifs is 4. The minimum Gasteiger partial charge on any atom is -0.493 e. The Morgan fingerprint density at radius 3 is 1.69 bits per heavy atom. The third-order valence-electron chi connectivity index (χ3n) is 17.6. The van der Waals surface area contributed by atoms with E-state index in [1.165, 1.54) is 43.4 Å². The number of nitrogens with one attached hydrogen (secondary N) is 2. The third kappa shape index (κ3) is 24.5. The van der Waals surface area contributed by atoms with Crippen LogP contribution in [0.2, 0.25) is 0 Å². The zero-order chi connectivity index (χ0) is 75.2. The van der Waals surface area contributed by atoms with Gasteiger partial charge >= 0.3 is 6.09 Å². The fourth-order valence-corrected chi connectivity index (χ4v) is 11.8. The molecule has 3 N–H and O–H groups in total. The maximum atomic E-state index is 14.3. The predicted octanol–water partition coefficient (Wildman–Crippen LogP) is 5.78. The van der Waals surface area contributed by atoms with Crippen LogP contribution in [-0.2, 0) is 84.4 Å². The summed E-state index contributed by atoms with van der Waals surface area (Å²) in [4.78, 5) is 127. The number of amides is 7. The van der Waals surface area contributed by atoms with Crippen LogP contribution in [0.25, 0.3) is 0 Å². The summed E-state index contributed by atoms with van der Waals surface area (Å²) in [5.74, 6) is -2.28. The van der Waals surface area contributed by atoms with E-state index in [0.29, 0.717) is 152 Å². The molecule has 5 atom stereocenters. The Balaban J connectivity index is 0.654. The van der Waals surface area contributed by atoms with Gasteiger partial charge < -0.3 is 87.1 Å². The number of imide groups is 1. The van der Waals surface area contributed by atoms with E-state index in [1.54, 1.807) is 60.6 Å². The SMILES string of the molecule is COc1cc2c(cc1OCCCOc1cc3c(cc1OC)C(=O)N1C=C(C)C[C@H]1[C@H](O)N3C(=O)OCc1ccc(CC(=O)[C@H](C)NC(=O)[C@@H](CC(=O)CCOCCOCCOCCOCCOCCOCCOCCOCCNC(=O)CCN3C(=O)C=CC3=O)C(C)C)cc1)N=C[C@@H]1CC(C)=CN1C2=O. The summed E-state index contributed by atoms with van der Waals surface area (Å²) in [7, 11) is 2.92. The van der Waals surface area contributed by atoms with Crippen LogP contribution in [0.3, 0.4) is 0 Å². The number of aliphatic imine (C=N–C) groups is 1. The first-order valence-electron chi connectivity index (χ1n) is 35.5. The number of ketones is 2. The number of hydrogen-bond acceptors (Lipinski definition) is 24. The molecule has 30 nitrogen and oxygen atoms in total. The molecule has 0 bridgehead atoms. The molecule has 5 aliphatic rings. The molecule has 0 spiro atoms. The second-order valence-corrected chi connectivity index (χ2v) is 25.8. The first-order valence-corrected chi connectivity index (χ1v) is 35.5. The van der Waals surface area contributed by atoms with E-state index in [9.17, 15) is 48.3 Å². The summed E-state index contributed by atoms with van der Waals surface area (Å²) in [5.41, 5.74) is 4.08. The van der Waals surface area contributed by atoms with Gasteiger partial charge in [0.15, 0.2) is 35.0 Å². The molecule has 8 rings (SSSR count). The van der Waals surface area contributed by atoms with Crippen molar-refractivity contribution in [3.63, 3.8) is 0 Å². The quantitative estimate of drug-likeness (QED) is 0.0445. The predicted molar refractivity (Wildman–Crippen MR) is 380 cm³/mol. The molecule has 572 valence electrons. The number of aliphatic hydroxyl groups excluding tert-OH is 1. The summed E-state index contributed by atoms with van der Waals surface area (Å²) < 4.78 is 73.6. The number of methoxy groups -OCH3 is 2. The molecule has 5 aliphatic heterocycles. The highest BCUT2D eigenvalue weighted by atomic mass is 16.6. The van der Waals surface area contributed by atoms with Crippen LogP contribution in [0.1, 0.15) is 105 Å². The Labute approximate surface area is 611 Å². The van der Waals surface area contributed by atoms with Gasteiger partial charge in [0.1, 0.15) is 12.4 Å². The lowest BCUT2D eigenvalue weighted by Crippen LogP contribution is -2.50. The van der Waals surface area contributed by atoms with E-state index < -0.39 is 54.0 Å². The second-order valence-electron chi connectivity index (χ2n) is 25.8. The van der Waals surface area contributed by atoms with Gasteiger partial charge in [0.2, 0.25) is 11.8 Å². The Kier molecular flexibility index (Phi) is 32.9. The standard InChI is InChI=1S/C75H99N7O23/c1-49(2)57(40-56(83)16-21-95-23-25-97-27-29-99-31-33-101-35-36-102-34-32-100-30-28-98-26-24-96-22-17-76-68(85)15-18-79-69(86)13-14-70(79)87)71(88)78-52(5)63(84)39-53-9-11-54(12-10-53)48-105-75(92)82-61-44-67(65(94-7)42-59(61)73(90)81-47-51(4)38-62(81)74(82)91)104-20-8-19-103-66-43-60-58(41-64(66)93-6)72(89)80-46-50(3)37-55(80)45-77-60/h9-14,41-47,49,52,55,57,62,74,91H,8,15-40,48H2,1-7H3,(H,76,85)(H,78,88)/t52-,55-,57-,62-,74-/m0/s1. The van der Waals surface area contributed by atoms with Gasteiger partial charge in [-0.05, 0) is 62.8 Å². The average molecular weight is 1470 g/mol. The van der Waals surface area contributed by atoms with E-state index in [-0.39, 0.29) is 123 Å². The third-order valence-corrected chi connectivity index (χ3v) is 17.6. The molecule has 3 aromatic rings. The van der Waals surface area contributed by atoms with Crippen LogP contribution < -0.4 is 34.5 Å². The summed E-state index contributed by atoms with van der Waals surface area (Å²) in [5, 5.41) is 17.5. The second kappa shape index (κ2) is 42.2. The van der Waals surface area contributed by atoms with E-state index in [1.807, 2.05) is 33.9 Å². The molecule has 5 heterocycles. The molecule has 0 unspecified atom stereocenters. The minimum absolute atomic E-state index is 0.0169. The van der Waals surface area contributed by atoms with Crippen molar-refractivity contribution in [2.75, 3.05) is 151 Å². The van der Waals surface area contributed by atoms with Crippen LogP contribution in [-0.4, -0.2) is 250 Å². The molecule has 7 amide bonds. The normalized spacial score (nSPS) is 17.2. The number of Topliss-reactive ketones (excluding diaryl/α,β-unsaturated/α-hetero) is 2. The zero-order valence-corrected chi connectivity index (χ0v) is 60.9. The van der Waals surface area contributed by atoms with Gasteiger partial charge in [0.05, 0.1) is 174 Å². The summed E-state index contributed by atoms with van der Waals surface area (Å²) in [6.45, 7) is 15.1. The van der Waals surface area contributed by atoms with Crippen molar-refractivity contribution >= 4 is 70.7 Å². The summed E-state index contributed by atoms with van der Waals surface area (Å²) >= 11 is 0. The number of hydrogen-bond donors (Lipinski definition) is 3. The molecule has 0 fully saturated rings. The van der Waals surface area contributed by atoms with E-state index in [4.69, 9.17) is 61.6 Å². The van der Waals surface area contributed by atoms with Gasteiger partial charge in [-0.15, -0.1) is 0 Å². The van der Waals surface area contributed by atoms with Crippen molar-refractivity contribution in [3.8, 4) is 23.0 Å². The maximum absolute atomic E-state index is 14.3. The highest BCUT2D eigenvalue weighted by molar-refractivity contribution is 6.13. The first kappa shape index (κ1) is 81.7. The average Bonchev–Trinajstić information content (AvgIpc) is 1.63. The molecular weight excluding hydrogens is 1370 g/mol. The number of benzene rings is 3.